The summed E-state index contributed by atoms with van der Waals surface area (Å²) in [5.41, 5.74) is 0.517. The van der Waals surface area contributed by atoms with Gasteiger partial charge in [-0.2, -0.15) is 0 Å². The molecule has 3 heterocycles. The van der Waals surface area contributed by atoms with E-state index in [9.17, 15) is 4.79 Å². The molecule has 0 spiro atoms. The van der Waals surface area contributed by atoms with E-state index in [4.69, 9.17) is 9.15 Å². The minimum atomic E-state index is -0.279. The van der Waals surface area contributed by atoms with Crippen molar-refractivity contribution in [1.29, 1.82) is 0 Å². The zero-order valence-corrected chi connectivity index (χ0v) is 13.8. The van der Waals surface area contributed by atoms with Gasteiger partial charge in [-0.3, -0.25) is 9.78 Å². The van der Waals surface area contributed by atoms with E-state index in [0.29, 0.717) is 31.5 Å². The van der Waals surface area contributed by atoms with Crippen molar-refractivity contribution in [3.8, 4) is 11.5 Å². The summed E-state index contributed by atoms with van der Waals surface area (Å²) in [7, 11) is 0. The molecule has 2 aromatic rings. The van der Waals surface area contributed by atoms with Crippen LogP contribution in [0.15, 0.2) is 28.9 Å². The van der Waals surface area contributed by atoms with Crippen LogP contribution in [-0.4, -0.2) is 51.8 Å². The monoisotopic (exact) mass is 328 g/mol. The van der Waals surface area contributed by atoms with Crippen molar-refractivity contribution in [2.45, 2.75) is 31.8 Å². The van der Waals surface area contributed by atoms with Crippen molar-refractivity contribution >= 4 is 5.91 Å². The summed E-state index contributed by atoms with van der Waals surface area (Å²) in [5, 5.41) is 8.29. The Hall–Kier alpha value is -2.28. The van der Waals surface area contributed by atoms with Crippen LogP contribution in [-0.2, 0) is 14.9 Å². The first-order valence-corrected chi connectivity index (χ1v) is 8.25. The Balaban J connectivity index is 1.40. The van der Waals surface area contributed by atoms with Crippen molar-refractivity contribution in [2.24, 2.45) is 5.92 Å². The molecule has 0 N–H and O–H groups in total. The zero-order chi connectivity index (χ0) is 16.7. The summed E-state index contributed by atoms with van der Waals surface area (Å²) in [6.07, 6.45) is 4.34. The standard InChI is InChI=1S/C17H20N4O3/c1-3-23-13-7-12(13)15(22)21-9-17(2,10-21)16-20-19-14(24-16)11-5-4-6-18-8-11/h4-6,8,12-13H,3,7,9-10H2,1-2H3. The van der Waals surface area contributed by atoms with E-state index in [0.717, 1.165) is 12.0 Å². The van der Waals surface area contributed by atoms with Gasteiger partial charge < -0.3 is 14.1 Å². The maximum Gasteiger partial charge on any atom is 0.249 e. The first kappa shape index (κ1) is 15.3. The van der Waals surface area contributed by atoms with Crippen LogP contribution in [0.5, 0.6) is 0 Å². The number of pyridine rings is 1. The number of hydrogen-bond donors (Lipinski definition) is 0. The van der Waals surface area contributed by atoms with E-state index in [1.807, 2.05) is 30.9 Å². The molecule has 0 aromatic carbocycles. The molecule has 0 bridgehead atoms. The Morgan fingerprint density at radius 3 is 3.00 bits per heavy atom. The summed E-state index contributed by atoms with van der Waals surface area (Å²) in [4.78, 5) is 18.3. The molecule has 126 valence electrons. The number of ether oxygens (including phenoxy) is 1. The van der Waals surface area contributed by atoms with Crippen molar-refractivity contribution in [1.82, 2.24) is 20.1 Å². The lowest BCUT2D eigenvalue weighted by Crippen LogP contribution is -2.60. The van der Waals surface area contributed by atoms with Crippen molar-refractivity contribution in [2.75, 3.05) is 19.7 Å². The molecule has 2 atom stereocenters. The van der Waals surface area contributed by atoms with Gasteiger partial charge in [0.2, 0.25) is 17.7 Å². The van der Waals surface area contributed by atoms with Crippen LogP contribution in [0.1, 0.15) is 26.2 Å². The Bertz CT molecular complexity index is 739. The Kier molecular flexibility index (Phi) is 3.60. The number of carbonyl (C=O) groups is 1. The second-order valence-electron chi connectivity index (χ2n) is 6.75. The van der Waals surface area contributed by atoms with Gasteiger partial charge in [-0.15, -0.1) is 10.2 Å². The second-order valence-corrected chi connectivity index (χ2v) is 6.75. The van der Waals surface area contributed by atoms with Gasteiger partial charge in [0, 0.05) is 32.1 Å². The molecule has 1 amide bonds. The number of amides is 1. The molecule has 2 aliphatic rings. The fraction of sp³-hybridized carbons (Fsp3) is 0.529. The van der Waals surface area contributed by atoms with Gasteiger partial charge in [0.15, 0.2) is 0 Å². The highest BCUT2D eigenvalue weighted by Gasteiger charge is 2.53. The first-order valence-electron chi connectivity index (χ1n) is 8.25. The summed E-state index contributed by atoms with van der Waals surface area (Å²) in [5.74, 6) is 1.24. The molecule has 2 aromatic heterocycles. The van der Waals surface area contributed by atoms with Gasteiger partial charge in [0.25, 0.3) is 0 Å². The Labute approximate surface area is 140 Å². The highest BCUT2D eigenvalue weighted by atomic mass is 16.5. The summed E-state index contributed by atoms with van der Waals surface area (Å²) in [6.45, 7) is 5.87. The topological polar surface area (TPSA) is 81.4 Å². The summed E-state index contributed by atoms with van der Waals surface area (Å²) >= 11 is 0. The molecule has 1 aliphatic heterocycles. The molecule has 1 saturated heterocycles. The molecular formula is C17H20N4O3. The number of hydrogen-bond acceptors (Lipinski definition) is 6. The summed E-state index contributed by atoms with van der Waals surface area (Å²) in [6, 6.07) is 3.71. The van der Waals surface area contributed by atoms with Gasteiger partial charge in [-0.05, 0) is 32.4 Å². The SMILES string of the molecule is CCOC1CC1C(=O)N1CC(C)(c2nnc(-c3cccnc3)o2)C1. The van der Waals surface area contributed by atoms with Gasteiger partial charge in [-0.25, -0.2) is 0 Å². The first-order chi connectivity index (χ1) is 11.6. The molecule has 2 unspecified atom stereocenters. The van der Waals surface area contributed by atoms with E-state index >= 15 is 0 Å². The fourth-order valence-electron chi connectivity index (χ4n) is 3.22. The lowest BCUT2D eigenvalue weighted by atomic mass is 9.81. The Morgan fingerprint density at radius 1 is 1.46 bits per heavy atom. The lowest BCUT2D eigenvalue weighted by Gasteiger charge is -2.45. The van der Waals surface area contributed by atoms with Crippen LogP contribution in [0.4, 0.5) is 0 Å². The van der Waals surface area contributed by atoms with Crippen LogP contribution in [0.2, 0.25) is 0 Å². The van der Waals surface area contributed by atoms with E-state index in [-0.39, 0.29) is 23.3 Å². The number of likely N-dealkylation sites (tertiary alicyclic amines) is 1. The van der Waals surface area contributed by atoms with Crippen molar-refractivity contribution in [3.63, 3.8) is 0 Å². The second kappa shape index (κ2) is 5.66. The molecule has 7 heteroatoms. The van der Waals surface area contributed by atoms with Crippen molar-refractivity contribution < 1.29 is 13.9 Å². The van der Waals surface area contributed by atoms with E-state index in [1.54, 1.807) is 12.4 Å². The average molecular weight is 328 g/mol. The molecule has 7 nitrogen and oxygen atoms in total. The molecule has 1 saturated carbocycles. The third-order valence-electron chi connectivity index (χ3n) is 4.67. The number of rotatable bonds is 5. The minimum absolute atomic E-state index is 0.0307. The van der Waals surface area contributed by atoms with Gasteiger partial charge in [0.1, 0.15) is 0 Å². The Morgan fingerprint density at radius 2 is 2.29 bits per heavy atom. The van der Waals surface area contributed by atoms with E-state index in [2.05, 4.69) is 15.2 Å². The number of nitrogens with zero attached hydrogens (tertiary/aromatic N) is 4. The molecule has 0 radical (unpaired) electrons. The highest BCUT2D eigenvalue weighted by molar-refractivity contribution is 5.83. The molecule has 1 aliphatic carbocycles. The maximum absolute atomic E-state index is 12.4. The zero-order valence-electron chi connectivity index (χ0n) is 13.8. The quantitative estimate of drug-likeness (QED) is 0.830. The fourth-order valence-corrected chi connectivity index (χ4v) is 3.22. The van der Waals surface area contributed by atoms with Crippen molar-refractivity contribution in [3.05, 3.63) is 30.4 Å². The van der Waals surface area contributed by atoms with E-state index < -0.39 is 0 Å². The molecule has 24 heavy (non-hydrogen) atoms. The van der Waals surface area contributed by atoms with Gasteiger partial charge in [-0.1, -0.05) is 0 Å². The molecule has 2 fully saturated rings. The smallest absolute Gasteiger partial charge is 0.249 e. The van der Waals surface area contributed by atoms with Gasteiger partial charge >= 0.3 is 0 Å². The predicted octanol–water partition coefficient (Wildman–Crippen LogP) is 1.66. The maximum atomic E-state index is 12.4. The number of carbonyl (C=O) groups excluding carboxylic acids is 1. The average Bonchev–Trinajstić information content (AvgIpc) is 3.16. The van der Waals surface area contributed by atoms with Crippen LogP contribution in [0.25, 0.3) is 11.5 Å². The van der Waals surface area contributed by atoms with Gasteiger partial charge in [0.05, 0.1) is 23.0 Å². The van der Waals surface area contributed by atoms with Crippen LogP contribution < -0.4 is 0 Å². The molecular weight excluding hydrogens is 308 g/mol. The largest absolute Gasteiger partial charge is 0.420 e. The number of aromatic nitrogens is 3. The third kappa shape index (κ3) is 2.58. The highest BCUT2D eigenvalue weighted by Crippen LogP contribution is 2.41. The molecule has 4 rings (SSSR count). The van der Waals surface area contributed by atoms with Crippen LogP contribution >= 0.6 is 0 Å². The van der Waals surface area contributed by atoms with Crippen LogP contribution in [0, 0.1) is 5.92 Å². The summed E-state index contributed by atoms with van der Waals surface area (Å²) < 4.78 is 11.3. The lowest BCUT2D eigenvalue weighted by molar-refractivity contribution is -0.141. The minimum Gasteiger partial charge on any atom is -0.420 e. The third-order valence-corrected chi connectivity index (χ3v) is 4.67. The van der Waals surface area contributed by atoms with E-state index in [1.165, 1.54) is 0 Å². The normalized spacial score (nSPS) is 24.5. The van der Waals surface area contributed by atoms with Crippen LogP contribution in [0.3, 0.4) is 0 Å². The predicted molar refractivity (Wildman–Crippen MR) is 85.0 cm³/mol.